The molecule has 0 aliphatic carbocycles. The van der Waals surface area contributed by atoms with Crippen LogP contribution in [0, 0.1) is 17.0 Å². The van der Waals surface area contributed by atoms with Crippen molar-refractivity contribution in [3.63, 3.8) is 0 Å². The fourth-order valence-corrected chi connectivity index (χ4v) is 4.57. The number of anilines is 1. The Morgan fingerprint density at radius 3 is 2.39 bits per heavy atom. The van der Waals surface area contributed by atoms with Crippen LogP contribution in [0.2, 0.25) is 0 Å². The Labute approximate surface area is 180 Å². The minimum absolute atomic E-state index is 0.0313. The first-order valence-electron chi connectivity index (χ1n) is 9.39. The minimum Gasteiger partial charge on any atom is -0.468 e. The van der Waals surface area contributed by atoms with Crippen LogP contribution in [0.4, 0.5) is 11.4 Å². The quantitative estimate of drug-likeness (QED) is 0.317. The fraction of sp³-hybridized carbons (Fsp3) is 0.350. The van der Waals surface area contributed by atoms with Crippen molar-refractivity contribution in [3.05, 3.63) is 64.2 Å². The highest BCUT2D eigenvalue weighted by Gasteiger charge is 2.35. The van der Waals surface area contributed by atoms with E-state index in [0.29, 0.717) is 0 Å². The maximum atomic E-state index is 13.3. The van der Waals surface area contributed by atoms with Crippen molar-refractivity contribution in [2.75, 3.05) is 25.6 Å². The summed E-state index contributed by atoms with van der Waals surface area (Å²) in [6, 6.07) is 9.76. The third-order valence-corrected chi connectivity index (χ3v) is 6.63. The number of nitrogens with one attached hydrogen (secondary N) is 1. The summed E-state index contributed by atoms with van der Waals surface area (Å²) in [7, 11) is -3.01. The van der Waals surface area contributed by atoms with Gasteiger partial charge in [0.2, 0.25) is 10.0 Å². The molecule has 0 radical (unpaired) electrons. The first kappa shape index (κ1) is 24.3. The number of aryl methyl sites for hydroxylation is 1. The molecule has 11 heteroatoms. The van der Waals surface area contributed by atoms with Gasteiger partial charge in [0, 0.05) is 12.6 Å². The van der Waals surface area contributed by atoms with Crippen molar-refractivity contribution in [2.45, 2.75) is 30.8 Å². The van der Waals surface area contributed by atoms with E-state index in [4.69, 9.17) is 4.74 Å². The van der Waals surface area contributed by atoms with Crippen molar-refractivity contribution in [3.8, 4) is 0 Å². The molecule has 2 N–H and O–H groups in total. The second kappa shape index (κ2) is 10.3. The molecule has 2 atom stereocenters. The molecule has 2 rings (SSSR count). The fourth-order valence-electron chi connectivity index (χ4n) is 2.94. The zero-order valence-corrected chi connectivity index (χ0v) is 18.2. The summed E-state index contributed by atoms with van der Waals surface area (Å²) in [6.07, 6.45) is 0. The number of methoxy groups -OCH3 is 1. The lowest BCUT2D eigenvalue weighted by Crippen LogP contribution is -2.49. The van der Waals surface area contributed by atoms with Gasteiger partial charge in [-0.05, 0) is 32.0 Å². The Bertz CT molecular complexity index is 1030. The van der Waals surface area contributed by atoms with Crippen LogP contribution in [-0.4, -0.2) is 61.1 Å². The smallest absolute Gasteiger partial charge is 0.323 e. The zero-order chi connectivity index (χ0) is 23.2. The molecule has 2 aromatic carbocycles. The van der Waals surface area contributed by atoms with Crippen molar-refractivity contribution in [2.24, 2.45) is 0 Å². The van der Waals surface area contributed by atoms with E-state index in [1.54, 1.807) is 18.2 Å². The highest BCUT2D eigenvalue weighted by Crippen LogP contribution is 2.25. The van der Waals surface area contributed by atoms with E-state index >= 15 is 0 Å². The Kier molecular flexibility index (Phi) is 8.08. The Hall–Kier alpha value is -3.02. The van der Waals surface area contributed by atoms with E-state index in [-0.39, 0.29) is 22.8 Å². The van der Waals surface area contributed by atoms with E-state index in [9.17, 15) is 28.4 Å². The van der Waals surface area contributed by atoms with E-state index in [0.717, 1.165) is 17.0 Å². The molecule has 0 amide bonds. The minimum atomic E-state index is -4.15. The summed E-state index contributed by atoms with van der Waals surface area (Å²) < 4.78 is 32.2. The van der Waals surface area contributed by atoms with Gasteiger partial charge in [-0.15, -0.1) is 0 Å². The number of aliphatic hydroxyl groups excluding tert-OH is 1. The van der Waals surface area contributed by atoms with Gasteiger partial charge in [-0.1, -0.05) is 29.8 Å². The van der Waals surface area contributed by atoms with Crippen molar-refractivity contribution >= 4 is 27.4 Å². The summed E-state index contributed by atoms with van der Waals surface area (Å²) in [5.74, 6) is -0.780. The average Bonchev–Trinajstić information content (AvgIpc) is 2.75. The van der Waals surface area contributed by atoms with Gasteiger partial charge in [-0.2, -0.15) is 4.31 Å². The van der Waals surface area contributed by atoms with Gasteiger partial charge in [-0.3, -0.25) is 14.9 Å². The summed E-state index contributed by atoms with van der Waals surface area (Å²) in [6.45, 7) is 2.30. The van der Waals surface area contributed by atoms with Crippen LogP contribution < -0.4 is 5.32 Å². The number of nitro groups is 1. The standard InChI is InChI=1S/C20H25N3O7S/c1-14-8-10-17(11-9-14)31(28,29)22(15(2)20(25)30-3)12-16(13-24)21-18-6-4-5-7-19(18)23(26)27/h4-11,15-16,21,24H,12-13H2,1-3H3/t15-,16+/m0/s1. The zero-order valence-electron chi connectivity index (χ0n) is 17.4. The number of sulfonamides is 1. The Morgan fingerprint density at radius 2 is 1.84 bits per heavy atom. The van der Waals surface area contributed by atoms with Gasteiger partial charge >= 0.3 is 5.97 Å². The second-order valence-electron chi connectivity index (χ2n) is 6.89. The van der Waals surface area contributed by atoms with Gasteiger partial charge in [0.15, 0.2) is 0 Å². The number of aliphatic hydroxyl groups is 1. The predicted molar refractivity (Wildman–Crippen MR) is 114 cm³/mol. The highest BCUT2D eigenvalue weighted by molar-refractivity contribution is 7.89. The number of rotatable bonds is 10. The topological polar surface area (TPSA) is 139 Å². The molecule has 0 unspecified atom stereocenters. The maximum Gasteiger partial charge on any atom is 0.323 e. The van der Waals surface area contributed by atoms with E-state index in [1.807, 2.05) is 6.92 Å². The normalized spacial score (nSPS) is 13.5. The summed E-state index contributed by atoms with van der Waals surface area (Å²) >= 11 is 0. The number of hydrogen-bond donors (Lipinski definition) is 2. The average molecular weight is 452 g/mol. The first-order valence-corrected chi connectivity index (χ1v) is 10.8. The number of nitro benzene ring substituents is 1. The third kappa shape index (κ3) is 5.78. The largest absolute Gasteiger partial charge is 0.468 e. The molecule has 0 aliphatic heterocycles. The van der Waals surface area contributed by atoms with Gasteiger partial charge in [-0.25, -0.2) is 8.42 Å². The summed E-state index contributed by atoms with van der Waals surface area (Å²) in [5.41, 5.74) is 0.748. The first-order chi connectivity index (χ1) is 14.6. The number of nitrogens with zero attached hydrogens (tertiary/aromatic N) is 2. The SMILES string of the molecule is COC(=O)[C@H](C)N(C[C@H](CO)Nc1ccccc1[N+](=O)[O-])S(=O)(=O)c1ccc(C)cc1. The molecular formula is C20H25N3O7S. The van der Waals surface area contributed by atoms with Crippen LogP contribution in [0.1, 0.15) is 12.5 Å². The number of carbonyl (C=O) groups excluding carboxylic acids is 1. The van der Waals surface area contributed by atoms with Gasteiger partial charge in [0.1, 0.15) is 11.7 Å². The van der Waals surface area contributed by atoms with Crippen molar-refractivity contribution in [1.82, 2.24) is 4.31 Å². The molecule has 0 heterocycles. The molecule has 0 aromatic heterocycles. The maximum absolute atomic E-state index is 13.3. The van der Waals surface area contributed by atoms with E-state index in [1.165, 1.54) is 37.3 Å². The molecule has 0 saturated heterocycles. The van der Waals surface area contributed by atoms with E-state index in [2.05, 4.69) is 5.32 Å². The number of hydrogen-bond acceptors (Lipinski definition) is 8. The third-order valence-electron chi connectivity index (χ3n) is 4.68. The van der Waals surface area contributed by atoms with Crippen LogP contribution in [-0.2, 0) is 19.6 Å². The summed E-state index contributed by atoms with van der Waals surface area (Å²) in [5, 5.41) is 23.9. The number of carbonyl (C=O) groups is 1. The number of ether oxygens (including phenoxy) is 1. The monoisotopic (exact) mass is 451 g/mol. The van der Waals surface area contributed by atoms with Gasteiger partial charge in [0.05, 0.1) is 29.6 Å². The van der Waals surface area contributed by atoms with Crippen molar-refractivity contribution < 1.29 is 28.0 Å². The highest BCUT2D eigenvalue weighted by atomic mass is 32.2. The molecule has 0 saturated carbocycles. The lowest BCUT2D eigenvalue weighted by Gasteiger charge is -2.30. The number of para-hydroxylation sites is 2. The van der Waals surface area contributed by atoms with Crippen LogP contribution >= 0.6 is 0 Å². The molecular weight excluding hydrogens is 426 g/mol. The Morgan fingerprint density at radius 1 is 1.23 bits per heavy atom. The van der Waals surface area contributed by atoms with Gasteiger partial charge in [0.25, 0.3) is 5.69 Å². The molecule has 168 valence electrons. The van der Waals surface area contributed by atoms with Gasteiger partial charge < -0.3 is 15.2 Å². The molecule has 0 aliphatic rings. The number of benzene rings is 2. The molecule has 2 aromatic rings. The van der Waals surface area contributed by atoms with Crippen LogP contribution in [0.3, 0.4) is 0 Å². The molecule has 0 spiro atoms. The lowest BCUT2D eigenvalue weighted by molar-refractivity contribution is -0.384. The Balaban J connectivity index is 2.41. The van der Waals surface area contributed by atoms with Crippen LogP contribution in [0.15, 0.2) is 53.4 Å². The predicted octanol–water partition coefficient (Wildman–Crippen LogP) is 1.93. The number of esters is 1. The second-order valence-corrected chi connectivity index (χ2v) is 8.78. The molecule has 31 heavy (non-hydrogen) atoms. The summed E-state index contributed by atoms with van der Waals surface area (Å²) in [4.78, 5) is 22.8. The molecule has 0 bridgehead atoms. The lowest BCUT2D eigenvalue weighted by atomic mass is 10.2. The molecule has 10 nitrogen and oxygen atoms in total. The van der Waals surface area contributed by atoms with E-state index < -0.39 is 39.6 Å². The van der Waals surface area contributed by atoms with Crippen LogP contribution in [0.5, 0.6) is 0 Å². The van der Waals surface area contributed by atoms with Crippen molar-refractivity contribution in [1.29, 1.82) is 0 Å². The van der Waals surface area contributed by atoms with Crippen LogP contribution in [0.25, 0.3) is 0 Å². The molecule has 0 fully saturated rings.